The molecule has 1 N–H and O–H groups in total. The maximum Gasteiger partial charge on any atom is 0.222 e. The van der Waals surface area contributed by atoms with Crippen LogP contribution in [0.25, 0.3) is 33.1 Å². The van der Waals surface area contributed by atoms with Crippen LogP contribution in [0.2, 0.25) is 0 Å². The molecule has 1 fully saturated rings. The highest BCUT2D eigenvalue weighted by Crippen LogP contribution is 2.28. The van der Waals surface area contributed by atoms with E-state index in [0.29, 0.717) is 19.0 Å². The summed E-state index contributed by atoms with van der Waals surface area (Å²) >= 11 is 0. The Bertz CT molecular complexity index is 1160. The van der Waals surface area contributed by atoms with Crippen molar-refractivity contribution < 1.29 is 4.79 Å². The maximum atomic E-state index is 12.5. The molecule has 5 heteroatoms. The predicted octanol–water partition coefficient (Wildman–Crippen LogP) is 4.58. The van der Waals surface area contributed by atoms with Crippen LogP contribution in [0.1, 0.15) is 38.5 Å². The summed E-state index contributed by atoms with van der Waals surface area (Å²) in [6.07, 6.45) is 6.41. The van der Waals surface area contributed by atoms with Crippen molar-refractivity contribution in [2.24, 2.45) is 0 Å². The number of benzene rings is 2. The third-order valence-electron chi connectivity index (χ3n) is 5.79. The number of aryl methyl sites for hydroxylation is 1. The minimum Gasteiger partial charge on any atom is -0.353 e. The molecule has 2 aromatic heterocycles. The predicted molar refractivity (Wildman–Crippen MR) is 112 cm³/mol. The van der Waals surface area contributed by atoms with Gasteiger partial charge < -0.3 is 9.88 Å². The first-order chi connectivity index (χ1) is 13.8. The van der Waals surface area contributed by atoms with Crippen molar-refractivity contribution in [3.8, 4) is 0 Å². The molecular weight excluding hydrogens is 348 g/mol. The molecule has 0 radical (unpaired) electrons. The summed E-state index contributed by atoms with van der Waals surface area (Å²) in [5.41, 5.74) is 4.62. The highest BCUT2D eigenvalue weighted by atomic mass is 16.1. The Morgan fingerprint density at radius 1 is 0.964 bits per heavy atom. The second kappa shape index (κ2) is 7.23. The molecule has 5 rings (SSSR count). The van der Waals surface area contributed by atoms with E-state index in [9.17, 15) is 4.79 Å². The lowest BCUT2D eigenvalue weighted by atomic mass is 9.95. The van der Waals surface area contributed by atoms with E-state index in [1.54, 1.807) is 0 Å². The summed E-state index contributed by atoms with van der Waals surface area (Å²) in [6.45, 7) is 0.607. The molecule has 1 aliphatic carbocycles. The van der Waals surface area contributed by atoms with Gasteiger partial charge in [-0.25, -0.2) is 9.97 Å². The Kier molecular flexibility index (Phi) is 4.43. The number of nitrogens with one attached hydrogen (secondary N) is 1. The number of aromatic nitrogens is 3. The van der Waals surface area contributed by atoms with Crippen molar-refractivity contribution in [1.82, 2.24) is 19.9 Å². The Hall–Kier alpha value is -2.95. The van der Waals surface area contributed by atoms with Crippen LogP contribution in [-0.2, 0) is 11.3 Å². The van der Waals surface area contributed by atoms with Gasteiger partial charge in [-0.15, -0.1) is 0 Å². The molecule has 28 heavy (non-hydrogen) atoms. The molecule has 2 heterocycles. The van der Waals surface area contributed by atoms with E-state index in [2.05, 4.69) is 22.0 Å². The molecule has 0 aliphatic heterocycles. The summed E-state index contributed by atoms with van der Waals surface area (Å²) < 4.78 is 2.14. The van der Waals surface area contributed by atoms with Gasteiger partial charge in [0.2, 0.25) is 5.91 Å². The van der Waals surface area contributed by atoms with E-state index in [1.165, 1.54) is 19.3 Å². The lowest BCUT2D eigenvalue weighted by Crippen LogP contribution is -2.36. The lowest BCUT2D eigenvalue weighted by molar-refractivity contribution is -0.122. The molecule has 1 amide bonds. The van der Waals surface area contributed by atoms with Gasteiger partial charge in [0, 0.05) is 24.4 Å². The molecule has 1 aliphatic rings. The van der Waals surface area contributed by atoms with E-state index in [4.69, 9.17) is 9.97 Å². The van der Waals surface area contributed by atoms with Crippen molar-refractivity contribution in [3.63, 3.8) is 0 Å². The smallest absolute Gasteiger partial charge is 0.222 e. The molecule has 2 aromatic carbocycles. The highest BCUT2D eigenvalue weighted by molar-refractivity contribution is 6.06. The maximum absolute atomic E-state index is 12.5. The molecule has 0 unspecified atom stereocenters. The molecular formula is C23H24N4O. The minimum atomic E-state index is 0.131. The fourth-order valence-corrected chi connectivity index (χ4v) is 4.37. The Morgan fingerprint density at radius 3 is 2.50 bits per heavy atom. The first-order valence-corrected chi connectivity index (χ1v) is 10.2. The number of carbonyl (C=O) groups is 1. The monoisotopic (exact) mass is 372 g/mol. The second-order valence-electron chi connectivity index (χ2n) is 7.71. The number of hydrogen-bond acceptors (Lipinski definition) is 3. The summed E-state index contributed by atoms with van der Waals surface area (Å²) in [5.74, 6) is 0.131. The van der Waals surface area contributed by atoms with Crippen molar-refractivity contribution in [2.75, 3.05) is 0 Å². The fraction of sp³-hybridized carbons (Fsp3) is 0.348. The molecule has 0 spiro atoms. The van der Waals surface area contributed by atoms with Gasteiger partial charge in [-0.2, -0.15) is 0 Å². The number of nitrogens with zero attached hydrogens (tertiary/aromatic N) is 3. The summed E-state index contributed by atoms with van der Waals surface area (Å²) in [7, 11) is 0. The number of para-hydroxylation sites is 3. The van der Waals surface area contributed by atoms with Crippen molar-refractivity contribution in [2.45, 2.75) is 51.1 Å². The van der Waals surface area contributed by atoms with Crippen molar-refractivity contribution >= 4 is 39.0 Å². The van der Waals surface area contributed by atoms with Crippen LogP contribution in [-0.4, -0.2) is 26.5 Å². The normalized spacial score (nSPS) is 15.4. The van der Waals surface area contributed by atoms with Gasteiger partial charge in [0.05, 0.1) is 16.6 Å². The van der Waals surface area contributed by atoms with Crippen LogP contribution in [0.4, 0.5) is 0 Å². The van der Waals surface area contributed by atoms with Crippen LogP contribution < -0.4 is 5.32 Å². The number of fused-ring (bicyclic) bond motifs is 4. The highest BCUT2D eigenvalue weighted by Gasteiger charge is 2.18. The van der Waals surface area contributed by atoms with E-state index >= 15 is 0 Å². The summed E-state index contributed by atoms with van der Waals surface area (Å²) in [4.78, 5) is 22.3. The van der Waals surface area contributed by atoms with Crippen molar-refractivity contribution in [1.29, 1.82) is 0 Å². The number of amides is 1. The van der Waals surface area contributed by atoms with Crippen LogP contribution in [0.3, 0.4) is 0 Å². The Balaban J connectivity index is 1.48. The third-order valence-corrected chi connectivity index (χ3v) is 5.79. The molecule has 0 bridgehead atoms. The van der Waals surface area contributed by atoms with E-state index < -0.39 is 0 Å². The summed E-state index contributed by atoms with van der Waals surface area (Å²) in [5, 5.41) is 4.31. The van der Waals surface area contributed by atoms with Crippen LogP contribution >= 0.6 is 0 Å². The van der Waals surface area contributed by atoms with Gasteiger partial charge >= 0.3 is 0 Å². The SMILES string of the molecule is O=C(CCn1c2ccccc2c2nc3ccccc3nc21)NC1CCCCC1. The zero-order valence-corrected chi connectivity index (χ0v) is 15.9. The number of hydrogen-bond donors (Lipinski definition) is 1. The number of rotatable bonds is 4. The largest absolute Gasteiger partial charge is 0.353 e. The molecule has 0 atom stereocenters. The van der Waals surface area contributed by atoms with Crippen LogP contribution in [0, 0.1) is 0 Å². The molecule has 1 saturated carbocycles. The molecule has 4 aromatic rings. The standard InChI is InChI=1S/C23H24N4O/c28-21(24-16-8-2-1-3-9-16)14-15-27-20-13-7-4-10-17(20)22-23(27)26-19-12-6-5-11-18(19)25-22/h4-7,10-13,16H,1-3,8-9,14-15H2,(H,24,28). The van der Waals surface area contributed by atoms with Crippen LogP contribution in [0.5, 0.6) is 0 Å². The Labute approximate surface area is 163 Å². The average Bonchev–Trinajstić information content (AvgIpc) is 3.04. The van der Waals surface area contributed by atoms with Gasteiger partial charge in [0.15, 0.2) is 5.65 Å². The van der Waals surface area contributed by atoms with Crippen LogP contribution in [0.15, 0.2) is 48.5 Å². The quantitative estimate of drug-likeness (QED) is 0.570. The molecule has 142 valence electrons. The van der Waals surface area contributed by atoms with E-state index in [-0.39, 0.29) is 5.91 Å². The Morgan fingerprint density at radius 2 is 1.68 bits per heavy atom. The first-order valence-electron chi connectivity index (χ1n) is 10.2. The third kappa shape index (κ3) is 3.11. The second-order valence-corrected chi connectivity index (χ2v) is 7.71. The van der Waals surface area contributed by atoms with E-state index in [0.717, 1.165) is 45.9 Å². The lowest BCUT2D eigenvalue weighted by Gasteiger charge is -2.22. The first kappa shape index (κ1) is 17.2. The van der Waals surface area contributed by atoms with E-state index in [1.807, 2.05) is 36.4 Å². The molecule has 0 saturated heterocycles. The molecule has 5 nitrogen and oxygen atoms in total. The summed E-state index contributed by atoms with van der Waals surface area (Å²) in [6, 6.07) is 16.5. The topological polar surface area (TPSA) is 59.8 Å². The zero-order chi connectivity index (χ0) is 18.9. The van der Waals surface area contributed by atoms with Gasteiger partial charge in [0.1, 0.15) is 5.52 Å². The number of carbonyl (C=O) groups excluding carboxylic acids is 1. The van der Waals surface area contributed by atoms with Gasteiger partial charge in [-0.05, 0) is 31.0 Å². The van der Waals surface area contributed by atoms with Gasteiger partial charge in [-0.1, -0.05) is 49.6 Å². The minimum absolute atomic E-state index is 0.131. The van der Waals surface area contributed by atoms with Crippen molar-refractivity contribution in [3.05, 3.63) is 48.5 Å². The average molecular weight is 372 g/mol. The zero-order valence-electron chi connectivity index (χ0n) is 15.9. The van der Waals surface area contributed by atoms with Gasteiger partial charge in [0.25, 0.3) is 0 Å². The van der Waals surface area contributed by atoms with Gasteiger partial charge in [-0.3, -0.25) is 4.79 Å². The fourth-order valence-electron chi connectivity index (χ4n) is 4.37.